The molecule has 0 atom stereocenters. The van der Waals surface area contributed by atoms with E-state index in [1.54, 1.807) is 0 Å². The minimum atomic E-state index is -0.201. The number of hydrogen-bond donors (Lipinski definition) is 1. The molecule has 1 aromatic heterocycles. The Bertz CT molecular complexity index is 839. The van der Waals surface area contributed by atoms with Crippen molar-refractivity contribution in [2.24, 2.45) is 5.92 Å². The molecule has 0 aliphatic heterocycles. The van der Waals surface area contributed by atoms with Gasteiger partial charge in [-0.05, 0) is 42.5 Å². The van der Waals surface area contributed by atoms with Gasteiger partial charge in [0.2, 0.25) is 0 Å². The van der Waals surface area contributed by atoms with Gasteiger partial charge in [0.1, 0.15) is 0 Å². The molecule has 2 aromatic carbocycles. The SMILES string of the molecule is CC(C)(CO)c1ccc2c(c1)c1ccccc1n2CC1CC1. The van der Waals surface area contributed by atoms with Crippen molar-refractivity contribution in [2.75, 3.05) is 6.61 Å². The van der Waals surface area contributed by atoms with E-state index in [-0.39, 0.29) is 12.0 Å². The molecule has 4 rings (SSSR count). The quantitative estimate of drug-likeness (QED) is 0.754. The fourth-order valence-corrected chi connectivity index (χ4v) is 3.32. The molecule has 0 amide bonds. The second-order valence-electron chi connectivity index (χ2n) is 7.35. The fraction of sp³-hybridized carbons (Fsp3) is 0.400. The van der Waals surface area contributed by atoms with Crippen molar-refractivity contribution in [1.82, 2.24) is 4.57 Å². The van der Waals surface area contributed by atoms with E-state index in [1.807, 2.05) is 0 Å². The number of rotatable bonds is 4. The fourth-order valence-electron chi connectivity index (χ4n) is 3.32. The first-order chi connectivity index (χ1) is 10.6. The highest BCUT2D eigenvalue weighted by Gasteiger charge is 2.25. The van der Waals surface area contributed by atoms with Crippen molar-refractivity contribution in [3.63, 3.8) is 0 Å². The molecule has 114 valence electrons. The molecule has 1 N–H and O–H groups in total. The highest BCUT2D eigenvalue weighted by molar-refractivity contribution is 6.08. The zero-order valence-corrected chi connectivity index (χ0v) is 13.3. The Labute approximate surface area is 131 Å². The molecule has 0 unspecified atom stereocenters. The molecule has 0 spiro atoms. The summed E-state index contributed by atoms with van der Waals surface area (Å²) in [5, 5.41) is 12.3. The lowest BCUT2D eigenvalue weighted by Gasteiger charge is -2.22. The summed E-state index contributed by atoms with van der Waals surface area (Å²) in [5.74, 6) is 0.854. The maximum atomic E-state index is 9.66. The van der Waals surface area contributed by atoms with Crippen LogP contribution in [0.2, 0.25) is 0 Å². The summed E-state index contributed by atoms with van der Waals surface area (Å²) in [5.41, 5.74) is 3.67. The number of hydrogen-bond acceptors (Lipinski definition) is 1. The highest BCUT2D eigenvalue weighted by Crippen LogP contribution is 2.37. The number of benzene rings is 2. The maximum Gasteiger partial charge on any atom is 0.0522 e. The molecular formula is C20H23NO. The van der Waals surface area contributed by atoms with E-state index >= 15 is 0 Å². The van der Waals surface area contributed by atoms with Crippen molar-refractivity contribution in [2.45, 2.75) is 38.6 Å². The molecule has 1 fully saturated rings. The lowest BCUT2D eigenvalue weighted by molar-refractivity contribution is 0.218. The van der Waals surface area contributed by atoms with Gasteiger partial charge in [0.05, 0.1) is 6.61 Å². The van der Waals surface area contributed by atoms with Gasteiger partial charge in [0.25, 0.3) is 0 Å². The Hall–Kier alpha value is -1.80. The van der Waals surface area contributed by atoms with Crippen LogP contribution in [0.4, 0.5) is 0 Å². The molecule has 0 radical (unpaired) electrons. The molecule has 2 nitrogen and oxygen atoms in total. The summed E-state index contributed by atoms with van der Waals surface area (Å²) in [6.45, 7) is 5.49. The topological polar surface area (TPSA) is 25.2 Å². The minimum Gasteiger partial charge on any atom is -0.395 e. The van der Waals surface area contributed by atoms with E-state index in [4.69, 9.17) is 0 Å². The molecular weight excluding hydrogens is 270 g/mol. The van der Waals surface area contributed by atoms with Crippen LogP contribution in [0.15, 0.2) is 42.5 Å². The second kappa shape index (κ2) is 4.85. The summed E-state index contributed by atoms with van der Waals surface area (Å²) in [4.78, 5) is 0. The Morgan fingerprint density at radius 2 is 1.77 bits per heavy atom. The van der Waals surface area contributed by atoms with Crippen LogP contribution in [0, 0.1) is 5.92 Å². The smallest absolute Gasteiger partial charge is 0.0522 e. The predicted molar refractivity (Wildman–Crippen MR) is 92.3 cm³/mol. The average molecular weight is 293 g/mol. The van der Waals surface area contributed by atoms with Crippen molar-refractivity contribution in [1.29, 1.82) is 0 Å². The third-order valence-electron chi connectivity index (χ3n) is 5.09. The normalized spacial score (nSPS) is 15.8. The van der Waals surface area contributed by atoms with Crippen molar-refractivity contribution in [3.05, 3.63) is 48.0 Å². The molecule has 1 aliphatic carbocycles. The Morgan fingerprint density at radius 1 is 1.05 bits per heavy atom. The number of aliphatic hydroxyl groups excluding tert-OH is 1. The van der Waals surface area contributed by atoms with Gasteiger partial charge in [-0.3, -0.25) is 0 Å². The molecule has 2 heteroatoms. The first-order valence-corrected chi connectivity index (χ1v) is 8.22. The average Bonchev–Trinajstić information content (AvgIpc) is 3.31. The van der Waals surface area contributed by atoms with E-state index in [1.165, 1.54) is 40.2 Å². The zero-order chi connectivity index (χ0) is 15.3. The molecule has 1 aliphatic rings. The van der Waals surface area contributed by atoms with E-state index in [0.717, 1.165) is 12.5 Å². The van der Waals surface area contributed by atoms with Crippen LogP contribution in [0.3, 0.4) is 0 Å². The van der Waals surface area contributed by atoms with Crippen LogP contribution in [0.25, 0.3) is 21.8 Å². The Kier molecular flexibility index (Phi) is 3.05. The summed E-state index contributed by atoms with van der Waals surface area (Å²) in [6, 6.07) is 15.4. The lowest BCUT2D eigenvalue weighted by Crippen LogP contribution is -2.21. The summed E-state index contributed by atoms with van der Waals surface area (Å²) >= 11 is 0. The molecule has 1 saturated carbocycles. The standard InChI is InChI=1S/C20H23NO/c1-20(2,13-22)15-9-10-19-17(11-15)16-5-3-4-6-18(16)21(19)12-14-7-8-14/h3-6,9-11,14,22H,7-8,12-13H2,1-2H3. The Balaban J connectivity index is 1.98. The summed E-state index contributed by atoms with van der Waals surface area (Å²) in [6.07, 6.45) is 2.73. The van der Waals surface area contributed by atoms with Gasteiger partial charge < -0.3 is 9.67 Å². The predicted octanol–water partition coefficient (Wildman–Crippen LogP) is 4.47. The number of para-hydroxylation sites is 1. The van der Waals surface area contributed by atoms with Gasteiger partial charge in [-0.1, -0.05) is 38.1 Å². The van der Waals surface area contributed by atoms with Gasteiger partial charge in [0.15, 0.2) is 0 Å². The third kappa shape index (κ3) is 2.14. The summed E-state index contributed by atoms with van der Waals surface area (Å²) in [7, 11) is 0. The highest BCUT2D eigenvalue weighted by atomic mass is 16.3. The van der Waals surface area contributed by atoms with E-state index in [0.29, 0.717) is 0 Å². The Morgan fingerprint density at radius 3 is 2.50 bits per heavy atom. The van der Waals surface area contributed by atoms with Crippen LogP contribution in [-0.4, -0.2) is 16.3 Å². The van der Waals surface area contributed by atoms with Crippen LogP contribution in [0.5, 0.6) is 0 Å². The number of aliphatic hydroxyl groups is 1. The van der Waals surface area contributed by atoms with Gasteiger partial charge >= 0.3 is 0 Å². The van der Waals surface area contributed by atoms with Gasteiger partial charge in [0, 0.05) is 33.8 Å². The second-order valence-corrected chi connectivity index (χ2v) is 7.35. The zero-order valence-electron chi connectivity index (χ0n) is 13.3. The van der Waals surface area contributed by atoms with Crippen LogP contribution in [-0.2, 0) is 12.0 Å². The van der Waals surface area contributed by atoms with Crippen molar-refractivity contribution < 1.29 is 5.11 Å². The van der Waals surface area contributed by atoms with Gasteiger partial charge in [-0.25, -0.2) is 0 Å². The van der Waals surface area contributed by atoms with Crippen molar-refractivity contribution in [3.8, 4) is 0 Å². The number of fused-ring (bicyclic) bond motifs is 3. The van der Waals surface area contributed by atoms with Gasteiger partial charge in [-0.2, -0.15) is 0 Å². The monoisotopic (exact) mass is 293 g/mol. The number of nitrogens with zero attached hydrogens (tertiary/aromatic N) is 1. The minimum absolute atomic E-state index is 0.166. The molecule has 0 bridgehead atoms. The van der Waals surface area contributed by atoms with Crippen LogP contribution >= 0.6 is 0 Å². The molecule has 3 aromatic rings. The van der Waals surface area contributed by atoms with Gasteiger partial charge in [-0.15, -0.1) is 0 Å². The maximum absolute atomic E-state index is 9.66. The van der Waals surface area contributed by atoms with Crippen molar-refractivity contribution >= 4 is 21.8 Å². The van der Waals surface area contributed by atoms with E-state index < -0.39 is 0 Å². The molecule has 0 saturated heterocycles. The number of aromatic nitrogens is 1. The first kappa shape index (κ1) is 13.8. The van der Waals surface area contributed by atoms with Crippen LogP contribution in [0.1, 0.15) is 32.3 Å². The largest absolute Gasteiger partial charge is 0.395 e. The van der Waals surface area contributed by atoms with Crippen LogP contribution < -0.4 is 0 Å². The molecule has 1 heterocycles. The van der Waals surface area contributed by atoms with E-state index in [2.05, 4.69) is 60.9 Å². The molecule has 22 heavy (non-hydrogen) atoms. The third-order valence-corrected chi connectivity index (χ3v) is 5.09. The first-order valence-electron chi connectivity index (χ1n) is 8.22. The lowest BCUT2D eigenvalue weighted by atomic mass is 9.85. The summed E-state index contributed by atoms with van der Waals surface area (Å²) < 4.78 is 2.48. The van der Waals surface area contributed by atoms with E-state index in [9.17, 15) is 5.11 Å².